The van der Waals surface area contributed by atoms with E-state index in [4.69, 9.17) is 24.1 Å². The molecule has 6 nitrogen and oxygen atoms in total. The molecule has 0 amide bonds. The van der Waals surface area contributed by atoms with E-state index in [0.29, 0.717) is 56.7 Å². The SMILES string of the molecule is COCCOCCOCCOCc1ccsc1C(=O)O. The van der Waals surface area contributed by atoms with E-state index in [9.17, 15) is 4.79 Å². The third-order valence-corrected chi connectivity index (χ3v) is 3.32. The number of thiophene rings is 1. The second-order valence-corrected chi connectivity index (χ2v) is 4.77. The van der Waals surface area contributed by atoms with Gasteiger partial charge in [0.15, 0.2) is 0 Å². The Balaban J connectivity index is 1.97. The zero-order valence-corrected chi connectivity index (χ0v) is 12.3. The largest absolute Gasteiger partial charge is 0.477 e. The number of methoxy groups -OCH3 is 1. The summed E-state index contributed by atoms with van der Waals surface area (Å²) < 4.78 is 20.7. The van der Waals surface area contributed by atoms with Crippen LogP contribution in [0.15, 0.2) is 11.4 Å². The molecule has 0 aromatic carbocycles. The summed E-state index contributed by atoms with van der Waals surface area (Å²) in [6, 6.07) is 1.76. The molecule has 7 heteroatoms. The van der Waals surface area contributed by atoms with E-state index in [0.717, 1.165) is 0 Å². The zero-order valence-electron chi connectivity index (χ0n) is 11.5. The molecule has 0 bridgehead atoms. The second-order valence-electron chi connectivity index (χ2n) is 3.85. The van der Waals surface area contributed by atoms with E-state index < -0.39 is 5.97 Å². The van der Waals surface area contributed by atoms with Gasteiger partial charge in [-0.05, 0) is 11.4 Å². The van der Waals surface area contributed by atoms with E-state index in [2.05, 4.69) is 0 Å². The highest BCUT2D eigenvalue weighted by Crippen LogP contribution is 2.17. The number of hydrogen-bond donors (Lipinski definition) is 1. The van der Waals surface area contributed by atoms with Crippen molar-refractivity contribution in [2.45, 2.75) is 6.61 Å². The predicted molar refractivity (Wildman–Crippen MR) is 74.4 cm³/mol. The van der Waals surface area contributed by atoms with Crippen LogP contribution in [0, 0.1) is 0 Å². The van der Waals surface area contributed by atoms with Crippen LogP contribution in [0.4, 0.5) is 0 Å². The maximum Gasteiger partial charge on any atom is 0.346 e. The molecule has 114 valence electrons. The van der Waals surface area contributed by atoms with E-state index in [1.165, 1.54) is 11.3 Å². The molecule has 1 N–H and O–H groups in total. The molecule has 0 aliphatic heterocycles. The Hall–Kier alpha value is -0.990. The van der Waals surface area contributed by atoms with Gasteiger partial charge in [0.1, 0.15) is 4.88 Å². The Kier molecular flexibility index (Phi) is 9.18. The normalized spacial score (nSPS) is 10.8. The van der Waals surface area contributed by atoms with Crippen molar-refractivity contribution >= 4 is 17.3 Å². The van der Waals surface area contributed by atoms with Crippen LogP contribution >= 0.6 is 11.3 Å². The first-order valence-electron chi connectivity index (χ1n) is 6.27. The van der Waals surface area contributed by atoms with Gasteiger partial charge in [-0.1, -0.05) is 0 Å². The molecule has 0 radical (unpaired) electrons. The first-order chi connectivity index (χ1) is 9.75. The number of rotatable bonds is 12. The molecule has 0 unspecified atom stereocenters. The molecule has 0 saturated carbocycles. The van der Waals surface area contributed by atoms with Crippen LogP contribution in [0.1, 0.15) is 15.2 Å². The number of carboxylic acids is 1. The highest BCUT2D eigenvalue weighted by molar-refractivity contribution is 7.12. The molecular weight excluding hydrogens is 284 g/mol. The average molecular weight is 304 g/mol. The molecule has 1 heterocycles. The van der Waals surface area contributed by atoms with Crippen molar-refractivity contribution in [3.8, 4) is 0 Å². The van der Waals surface area contributed by atoms with Gasteiger partial charge in [-0.3, -0.25) is 0 Å². The lowest BCUT2D eigenvalue weighted by atomic mass is 10.3. The standard InChI is InChI=1S/C13H20O6S/c1-16-3-4-17-5-6-18-7-8-19-10-11-2-9-20-12(11)13(14)15/h2,9H,3-8,10H2,1H3,(H,14,15). The molecule has 0 aliphatic rings. The summed E-state index contributed by atoms with van der Waals surface area (Å²) in [5.74, 6) is -0.914. The monoisotopic (exact) mass is 304 g/mol. The average Bonchev–Trinajstić information content (AvgIpc) is 2.89. The summed E-state index contributed by atoms with van der Waals surface area (Å²) in [4.78, 5) is 11.2. The van der Waals surface area contributed by atoms with Crippen molar-refractivity contribution in [3.63, 3.8) is 0 Å². The number of carboxylic acid groups (broad SMARTS) is 1. The van der Waals surface area contributed by atoms with Crippen LogP contribution in [0.25, 0.3) is 0 Å². The summed E-state index contributed by atoms with van der Waals surface area (Å²) in [7, 11) is 1.63. The van der Waals surface area contributed by atoms with Crippen molar-refractivity contribution in [1.29, 1.82) is 0 Å². The zero-order chi connectivity index (χ0) is 14.6. The quantitative estimate of drug-likeness (QED) is 0.592. The third-order valence-electron chi connectivity index (χ3n) is 2.37. The summed E-state index contributed by atoms with van der Waals surface area (Å²) in [6.07, 6.45) is 0. The van der Waals surface area contributed by atoms with E-state index in [-0.39, 0.29) is 0 Å². The van der Waals surface area contributed by atoms with Gasteiger partial charge in [0.25, 0.3) is 0 Å². The molecule has 20 heavy (non-hydrogen) atoms. The summed E-state index contributed by atoms with van der Waals surface area (Å²) in [5, 5.41) is 10.7. The minimum atomic E-state index is -0.914. The van der Waals surface area contributed by atoms with Crippen molar-refractivity contribution in [3.05, 3.63) is 21.9 Å². The van der Waals surface area contributed by atoms with Gasteiger partial charge in [-0.15, -0.1) is 11.3 Å². The van der Waals surface area contributed by atoms with Gasteiger partial charge in [-0.25, -0.2) is 4.79 Å². The summed E-state index contributed by atoms with van der Waals surface area (Å²) in [5.41, 5.74) is 0.699. The third kappa shape index (κ3) is 6.97. The van der Waals surface area contributed by atoms with Crippen LogP contribution in [-0.4, -0.2) is 57.8 Å². The Morgan fingerprint density at radius 3 is 2.30 bits per heavy atom. The Labute approximate surface area is 122 Å². The van der Waals surface area contributed by atoms with Gasteiger partial charge in [0, 0.05) is 12.7 Å². The van der Waals surface area contributed by atoms with Crippen LogP contribution < -0.4 is 0 Å². The van der Waals surface area contributed by atoms with Crippen LogP contribution in [0.2, 0.25) is 0 Å². The van der Waals surface area contributed by atoms with Gasteiger partial charge in [0.2, 0.25) is 0 Å². The second kappa shape index (κ2) is 10.8. The lowest BCUT2D eigenvalue weighted by molar-refractivity contribution is 0.000795. The minimum absolute atomic E-state index is 0.291. The Bertz CT molecular complexity index is 379. The van der Waals surface area contributed by atoms with Crippen molar-refractivity contribution in [2.75, 3.05) is 46.8 Å². The van der Waals surface area contributed by atoms with E-state index in [1.54, 1.807) is 18.6 Å². The number of ether oxygens (including phenoxy) is 4. The van der Waals surface area contributed by atoms with Crippen molar-refractivity contribution in [1.82, 2.24) is 0 Å². The molecule has 0 aliphatic carbocycles. The fourth-order valence-electron chi connectivity index (χ4n) is 1.40. The van der Waals surface area contributed by atoms with Gasteiger partial charge < -0.3 is 24.1 Å². The summed E-state index contributed by atoms with van der Waals surface area (Å²) in [6.45, 7) is 3.34. The fraction of sp³-hybridized carbons (Fsp3) is 0.615. The smallest absolute Gasteiger partial charge is 0.346 e. The van der Waals surface area contributed by atoms with Gasteiger partial charge in [0.05, 0.1) is 46.2 Å². The van der Waals surface area contributed by atoms with Gasteiger partial charge in [-0.2, -0.15) is 0 Å². The predicted octanol–water partition coefficient (Wildman–Crippen LogP) is 1.64. The summed E-state index contributed by atoms with van der Waals surface area (Å²) >= 11 is 1.20. The molecule has 0 saturated heterocycles. The Morgan fingerprint density at radius 1 is 1.10 bits per heavy atom. The minimum Gasteiger partial charge on any atom is -0.477 e. The maximum absolute atomic E-state index is 10.9. The molecule has 1 rings (SSSR count). The molecule has 0 atom stereocenters. The van der Waals surface area contributed by atoms with Gasteiger partial charge >= 0.3 is 5.97 Å². The molecule has 1 aromatic rings. The van der Waals surface area contributed by atoms with Crippen LogP contribution in [-0.2, 0) is 25.6 Å². The lowest BCUT2D eigenvalue weighted by Crippen LogP contribution is -2.11. The molecule has 0 spiro atoms. The number of carbonyl (C=O) groups is 1. The van der Waals surface area contributed by atoms with E-state index in [1.807, 2.05) is 0 Å². The van der Waals surface area contributed by atoms with Crippen LogP contribution in [0.5, 0.6) is 0 Å². The van der Waals surface area contributed by atoms with Crippen LogP contribution in [0.3, 0.4) is 0 Å². The highest BCUT2D eigenvalue weighted by Gasteiger charge is 2.10. The number of hydrogen-bond acceptors (Lipinski definition) is 6. The first kappa shape index (κ1) is 17.1. The molecular formula is C13H20O6S. The lowest BCUT2D eigenvalue weighted by Gasteiger charge is -2.06. The van der Waals surface area contributed by atoms with E-state index >= 15 is 0 Å². The molecule has 1 aromatic heterocycles. The number of aromatic carboxylic acids is 1. The topological polar surface area (TPSA) is 74.2 Å². The Morgan fingerprint density at radius 2 is 1.70 bits per heavy atom. The fourth-order valence-corrected chi connectivity index (χ4v) is 2.15. The first-order valence-corrected chi connectivity index (χ1v) is 7.15. The van der Waals surface area contributed by atoms with Crippen molar-refractivity contribution < 1.29 is 28.8 Å². The molecule has 0 fully saturated rings. The maximum atomic E-state index is 10.9. The van der Waals surface area contributed by atoms with Crippen molar-refractivity contribution in [2.24, 2.45) is 0 Å². The highest BCUT2D eigenvalue weighted by atomic mass is 32.1.